The summed E-state index contributed by atoms with van der Waals surface area (Å²) in [5, 5.41) is 15.0. The summed E-state index contributed by atoms with van der Waals surface area (Å²) in [7, 11) is 0. The molecule has 5 N–H and O–H groups in total. The van der Waals surface area contributed by atoms with Crippen molar-refractivity contribution in [1.82, 2.24) is 25.0 Å². The summed E-state index contributed by atoms with van der Waals surface area (Å²) in [6.07, 6.45) is 3.65. The highest BCUT2D eigenvalue weighted by Crippen LogP contribution is 2.27. The van der Waals surface area contributed by atoms with E-state index >= 15 is 0 Å². The van der Waals surface area contributed by atoms with Crippen molar-refractivity contribution in [3.63, 3.8) is 0 Å². The summed E-state index contributed by atoms with van der Waals surface area (Å²) in [4.78, 5) is 27.5. The average Bonchev–Trinajstić information content (AvgIpc) is 3.23. The minimum absolute atomic E-state index is 0.132. The molecule has 1 unspecified atom stereocenters. The number of nitrogens with one attached hydrogen (secondary N) is 3. The van der Waals surface area contributed by atoms with Crippen LogP contribution in [0, 0.1) is 17.8 Å². The molecule has 0 spiro atoms. The first-order valence-corrected chi connectivity index (χ1v) is 12.6. The Morgan fingerprint density at radius 3 is 2.76 bits per heavy atom. The van der Waals surface area contributed by atoms with Gasteiger partial charge in [0.15, 0.2) is 5.82 Å². The van der Waals surface area contributed by atoms with Gasteiger partial charge in [0.25, 0.3) is 11.5 Å². The van der Waals surface area contributed by atoms with Crippen molar-refractivity contribution in [2.75, 3.05) is 30.7 Å². The van der Waals surface area contributed by atoms with Crippen LogP contribution in [0.3, 0.4) is 0 Å². The van der Waals surface area contributed by atoms with Crippen LogP contribution in [0.15, 0.2) is 65.5 Å². The molecule has 1 amide bonds. The molecule has 4 heterocycles. The van der Waals surface area contributed by atoms with Crippen molar-refractivity contribution in [3.8, 4) is 17.5 Å². The van der Waals surface area contributed by atoms with E-state index in [1.165, 1.54) is 0 Å². The Bertz CT molecular complexity index is 1700. The van der Waals surface area contributed by atoms with Crippen LogP contribution in [0.2, 0.25) is 0 Å². The van der Waals surface area contributed by atoms with E-state index in [1.54, 1.807) is 15.4 Å². The zero-order valence-corrected chi connectivity index (χ0v) is 20.9. The summed E-state index contributed by atoms with van der Waals surface area (Å²) in [5.41, 5.74) is 8.24. The van der Waals surface area contributed by atoms with Crippen LogP contribution < -0.4 is 27.2 Å². The first-order chi connectivity index (χ1) is 18.5. The Kier molecular flexibility index (Phi) is 5.94. The minimum Gasteiger partial charge on any atom is -0.381 e. The molecule has 0 radical (unpaired) electrons. The van der Waals surface area contributed by atoms with Crippen LogP contribution >= 0.6 is 0 Å². The van der Waals surface area contributed by atoms with Gasteiger partial charge in [-0.25, -0.2) is 4.68 Å². The molecule has 1 saturated heterocycles. The van der Waals surface area contributed by atoms with Gasteiger partial charge in [0.05, 0.1) is 11.4 Å². The smallest absolute Gasteiger partial charge is 0.264 e. The average molecular weight is 506 g/mol. The molecule has 1 fully saturated rings. The molecule has 1 atom stereocenters. The molecule has 2 aliphatic heterocycles. The third kappa shape index (κ3) is 4.11. The Balaban J connectivity index is 1.45. The number of rotatable bonds is 4. The molecule has 38 heavy (non-hydrogen) atoms. The molecule has 190 valence electrons. The number of nitrogens with zero attached hydrogens (tertiary/aromatic N) is 3. The fourth-order valence-electron chi connectivity index (χ4n) is 4.82. The standard InChI is InChI=1S/C29H27N7O2/c1-18(33-28(37)25-26(30)34-35-14-6-13-32-27(25)35)23-15-21-8-5-7-20(12-11-19-16-31-17-19)24(21)29(38)36(23)22-9-3-2-4-10-22/h2-10,14-15,18-19,31-32H,13,16-17H2,1H3,(H2,30,34)(H,33,37). The molecule has 9 nitrogen and oxygen atoms in total. The summed E-state index contributed by atoms with van der Waals surface area (Å²) in [5.74, 6) is 7.10. The highest BCUT2D eigenvalue weighted by molar-refractivity contribution is 6.04. The lowest BCUT2D eigenvalue weighted by Gasteiger charge is -2.22. The first kappa shape index (κ1) is 23.6. The highest BCUT2D eigenvalue weighted by atomic mass is 16.2. The van der Waals surface area contributed by atoms with Gasteiger partial charge < -0.3 is 21.7 Å². The third-order valence-electron chi connectivity index (χ3n) is 6.87. The quantitative estimate of drug-likeness (QED) is 0.317. The normalized spacial score (nSPS) is 15.1. The maximum atomic E-state index is 14.1. The van der Waals surface area contributed by atoms with Crippen molar-refractivity contribution >= 4 is 34.5 Å². The number of hydrogen-bond acceptors (Lipinski definition) is 6. The Morgan fingerprint density at radius 1 is 1.18 bits per heavy atom. The van der Waals surface area contributed by atoms with Gasteiger partial charge in [0.1, 0.15) is 11.4 Å². The molecule has 2 aromatic carbocycles. The lowest BCUT2D eigenvalue weighted by atomic mass is 10.0. The summed E-state index contributed by atoms with van der Waals surface area (Å²) >= 11 is 0. The number of hydrogen-bond donors (Lipinski definition) is 4. The van der Waals surface area contributed by atoms with E-state index in [4.69, 9.17) is 5.73 Å². The van der Waals surface area contributed by atoms with Gasteiger partial charge in [-0.2, -0.15) is 0 Å². The maximum Gasteiger partial charge on any atom is 0.264 e. The first-order valence-electron chi connectivity index (χ1n) is 12.6. The number of carbonyl (C=O) groups is 1. The number of carbonyl (C=O) groups excluding carboxylic acids is 1. The number of benzene rings is 2. The second kappa shape index (κ2) is 9.57. The van der Waals surface area contributed by atoms with E-state index in [2.05, 4.69) is 32.9 Å². The number of anilines is 2. The molecule has 6 rings (SSSR count). The van der Waals surface area contributed by atoms with E-state index in [9.17, 15) is 9.59 Å². The Hall–Kier alpha value is -4.81. The lowest BCUT2D eigenvalue weighted by Crippen LogP contribution is -2.40. The molecule has 9 heteroatoms. The molecule has 0 saturated carbocycles. The molecule has 0 bridgehead atoms. The van der Waals surface area contributed by atoms with E-state index < -0.39 is 6.04 Å². The Morgan fingerprint density at radius 2 is 2.00 bits per heavy atom. The number of para-hydroxylation sites is 1. The number of fused-ring (bicyclic) bond motifs is 2. The summed E-state index contributed by atoms with van der Waals surface area (Å²) < 4.78 is 3.21. The van der Waals surface area contributed by atoms with Crippen LogP contribution in [0.25, 0.3) is 22.7 Å². The lowest BCUT2D eigenvalue weighted by molar-refractivity contribution is 0.0940. The maximum absolute atomic E-state index is 14.1. The Labute approximate surface area is 219 Å². The molecule has 2 aromatic heterocycles. The molecule has 4 aromatic rings. The SMILES string of the molecule is CC(NC(=O)c1c(N)nn2c1NCC=C2)c1cc2cccc(C#CC3CNC3)c2c(=O)n1-c1ccccc1. The van der Waals surface area contributed by atoms with Crippen LogP contribution in [0.4, 0.5) is 11.6 Å². The second-order valence-corrected chi connectivity index (χ2v) is 9.45. The largest absolute Gasteiger partial charge is 0.381 e. The molecule has 2 aliphatic rings. The third-order valence-corrected chi connectivity index (χ3v) is 6.87. The van der Waals surface area contributed by atoms with Gasteiger partial charge in [-0.3, -0.25) is 14.2 Å². The van der Waals surface area contributed by atoms with Crippen molar-refractivity contribution in [2.24, 2.45) is 5.92 Å². The minimum atomic E-state index is -0.523. The van der Waals surface area contributed by atoms with Gasteiger partial charge >= 0.3 is 0 Å². The van der Waals surface area contributed by atoms with E-state index in [-0.39, 0.29) is 22.8 Å². The van der Waals surface area contributed by atoms with Crippen LogP contribution in [0.1, 0.15) is 34.6 Å². The zero-order chi connectivity index (χ0) is 26.2. The van der Waals surface area contributed by atoms with Gasteiger partial charge in [-0.15, -0.1) is 5.10 Å². The fraction of sp³-hybridized carbons (Fsp3) is 0.207. The monoisotopic (exact) mass is 505 g/mol. The van der Waals surface area contributed by atoms with E-state index in [1.807, 2.05) is 67.6 Å². The van der Waals surface area contributed by atoms with Gasteiger partial charge in [0.2, 0.25) is 0 Å². The summed E-state index contributed by atoms with van der Waals surface area (Å²) in [6.45, 7) is 4.15. The van der Waals surface area contributed by atoms with Crippen molar-refractivity contribution in [3.05, 3.63) is 87.8 Å². The number of amides is 1. The number of aromatic nitrogens is 3. The van der Waals surface area contributed by atoms with E-state index in [0.29, 0.717) is 40.6 Å². The number of nitrogen functional groups attached to an aromatic ring is 1. The molecular weight excluding hydrogens is 478 g/mol. The van der Waals surface area contributed by atoms with Crippen LogP contribution in [-0.4, -0.2) is 39.9 Å². The summed E-state index contributed by atoms with van der Waals surface area (Å²) in [6, 6.07) is 16.5. The fourth-order valence-corrected chi connectivity index (χ4v) is 4.82. The molecular formula is C29H27N7O2. The highest BCUT2D eigenvalue weighted by Gasteiger charge is 2.26. The predicted molar refractivity (Wildman–Crippen MR) is 149 cm³/mol. The number of pyridine rings is 1. The van der Waals surface area contributed by atoms with Gasteiger partial charge in [0, 0.05) is 48.7 Å². The van der Waals surface area contributed by atoms with Crippen LogP contribution in [-0.2, 0) is 0 Å². The molecule has 0 aliphatic carbocycles. The van der Waals surface area contributed by atoms with Crippen molar-refractivity contribution in [2.45, 2.75) is 13.0 Å². The predicted octanol–water partition coefficient (Wildman–Crippen LogP) is 2.73. The van der Waals surface area contributed by atoms with Gasteiger partial charge in [-0.1, -0.05) is 42.2 Å². The second-order valence-electron chi connectivity index (χ2n) is 9.45. The van der Waals surface area contributed by atoms with E-state index in [0.717, 1.165) is 18.5 Å². The van der Waals surface area contributed by atoms with Crippen molar-refractivity contribution < 1.29 is 4.79 Å². The number of nitrogens with two attached hydrogens (primary N) is 1. The van der Waals surface area contributed by atoms with Crippen molar-refractivity contribution in [1.29, 1.82) is 0 Å². The van der Waals surface area contributed by atoms with Crippen LogP contribution in [0.5, 0.6) is 0 Å². The van der Waals surface area contributed by atoms with Gasteiger partial charge in [-0.05, 0) is 42.7 Å². The zero-order valence-electron chi connectivity index (χ0n) is 20.9. The topological polar surface area (TPSA) is 119 Å².